The van der Waals surface area contributed by atoms with Gasteiger partial charge in [0.15, 0.2) is 0 Å². The second kappa shape index (κ2) is 7.09. The first kappa shape index (κ1) is 13.7. The van der Waals surface area contributed by atoms with Gasteiger partial charge < -0.3 is 10.2 Å². The first-order valence-electron chi connectivity index (χ1n) is 5.36. The predicted molar refractivity (Wildman–Crippen MR) is 70.2 cm³/mol. The van der Waals surface area contributed by atoms with E-state index in [1.54, 1.807) is 0 Å². The summed E-state index contributed by atoms with van der Waals surface area (Å²) in [7, 11) is 4.08. The van der Waals surface area contributed by atoms with Gasteiger partial charge in [-0.2, -0.15) is 5.26 Å². The fourth-order valence-corrected chi connectivity index (χ4v) is 1.86. The number of nitriles is 1. The Morgan fingerprint density at radius 3 is 2.82 bits per heavy atom. The van der Waals surface area contributed by atoms with E-state index >= 15 is 0 Å². The van der Waals surface area contributed by atoms with Gasteiger partial charge in [-0.05, 0) is 33.3 Å². The molecule has 1 heterocycles. The molecule has 0 atom stereocenters. The molecule has 0 radical (unpaired) electrons. The summed E-state index contributed by atoms with van der Waals surface area (Å²) in [6.45, 7) is 1.81. The molecule has 0 aliphatic rings. The molecule has 6 heteroatoms. The van der Waals surface area contributed by atoms with Crippen LogP contribution in [0, 0.1) is 11.3 Å². The molecule has 0 spiro atoms. The molecule has 0 aliphatic carbocycles. The van der Waals surface area contributed by atoms with Crippen molar-refractivity contribution in [3.63, 3.8) is 0 Å². The molecule has 1 aromatic rings. The van der Waals surface area contributed by atoms with Crippen LogP contribution in [0.5, 0.6) is 0 Å². The lowest BCUT2D eigenvalue weighted by Crippen LogP contribution is -2.17. The van der Waals surface area contributed by atoms with Crippen LogP contribution in [-0.4, -0.2) is 48.3 Å². The van der Waals surface area contributed by atoms with Crippen LogP contribution in [0.15, 0.2) is 11.4 Å². The summed E-state index contributed by atoms with van der Waals surface area (Å²) < 4.78 is 0. The first-order valence-corrected chi connectivity index (χ1v) is 6.59. The quantitative estimate of drug-likeness (QED) is 0.469. The third kappa shape index (κ3) is 4.21. The molecule has 1 rings (SSSR count). The average Bonchev–Trinajstić information content (AvgIpc) is 2.33. The lowest BCUT2D eigenvalue weighted by molar-refractivity contribution is 0.405. The zero-order chi connectivity index (χ0) is 12.7. The van der Waals surface area contributed by atoms with Crippen LogP contribution in [0.2, 0.25) is 0 Å². The van der Waals surface area contributed by atoms with Crippen LogP contribution < -0.4 is 5.32 Å². The Labute approximate surface area is 106 Å². The zero-order valence-electron chi connectivity index (χ0n) is 10.4. The third-order valence-electron chi connectivity index (χ3n) is 2.19. The molecule has 0 aromatic carbocycles. The van der Waals surface area contributed by atoms with Crippen molar-refractivity contribution in [2.75, 3.05) is 38.8 Å². The fraction of sp³-hybridized carbons (Fsp3) is 0.545. The molecule has 0 saturated carbocycles. The Kier molecular flexibility index (Phi) is 5.73. The molecule has 5 nitrogen and oxygen atoms in total. The van der Waals surface area contributed by atoms with Crippen LogP contribution in [0.4, 0.5) is 5.82 Å². The summed E-state index contributed by atoms with van der Waals surface area (Å²) >= 11 is 1.46. The number of thioether (sulfide) groups is 1. The second-order valence-corrected chi connectivity index (χ2v) is 4.60. The molecule has 1 aromatic heterocycles. The number of hydrogen-bond acceptors (Lipinski definition) is 6. The molecular formula is C11H17N5S. The van der Waals surface area contributed by atoms with E-state index in [0.717, 1.165) is 24.5 Å². The number of hydrogen-bond donors (Lipinski definition) is 1. The Balaban J connectivity index is 2.62. The maximum atomic E-state index is 9.08. The van der Waals surface area contributed by atoms with Gasteiger partial charge in [0.05, 0.1) is 0 Å². The number of anilines is 1. The summed E-state index contributed by atoms with van der Waals surface area (Å²) in [6, 6.07) is 2.15. The van der Waals surface area contributed by atoms with E-state index in [-0.39, 0.29) is 0 Å². The van der Waals surface area contributed by atoms with E-state index in [0.29, 0.717) is 11.4 Å². The van der Waals surface area contributed by atoms with Crippen LogP contribution in [0.1, 0.15) is 12.0 Å². The summed E-state index contributed by atoms with van der Waals surface area (Å²) in [5.41, 5.74) is 0.532. The van der Waals surface area contributed by atoms with Gasteiger partial charge in [-0.15, -0.1) is 11.8 Å². The normalized spacial score (nSPS) is 10.3. The number of nitrogens with zero attached hydrogens (tertiary/aromatic N) is 4. The summed E-state index contributed by atoms with van der Waals surface area (Å²) in [6.07, 6.45) is 4.40. The number of rotatable bonds is 6. The Hall–Kier alpha value is -1.32. The van der Waals surface area contributed by atoms with Crippen molar-refractivity contribution in [3.8, 4) is 6.07 Å². The van der Waals surface area contributed by atoms with E-state index in [1.807, 2.05) is 20.4 Å². The minimum atomic E-state index is 0.532. The third-order valence-corrected chi connectivity index (χ3v) is 2.89. The standard InChI is InChI=1S/C11H17N5S/c1-16(2)6-4-5-13-10-9(7-12)11(17-3)15-8-14-10/h8H,4-6H2,1-3H3,(H,13,14,15). The van der Waals surface area contributed by atoms with Gasteiger partial charge in [0.1, 0.15) is 28.8 Å². The van der Waals surface area contributed by atoms with Crippen molar-refractivity contribution in [1.29, 1.82) is 5.26 Å². The Morgan fingerprint density at radius 1 is 1.47 bits per heavy atom. The van der Waals surface area contributed by atoms with Crippen LogP contribution in [-0.2, 0) is 0 Å². The highest BCUT2D eigenvalue weighted by molar-refractivity contribution is 7.98. The van der Waals surface area contributed by atoms with Gasteiger partial charge in [-0.3, -0.25) is 0 Å². The molecule has 0 unspecified atom stereocenters. The lowest BCUT2D eigenvalue weighted by Gasteiger charge is -2.11. The molecule has 0 aliphatic heterocycles. The van der Waals surface area contributed by atoms with Crippen molar-refractivity contribution in [1.82, 2.24) is 14.9 Å². The molecule has 92 valence electrons. The van der Waals surface area contributed by atoms with Crippen LogP contribution >= 0.6 is 11.8 Å². The SMILES string of the molecule is CSc1ncnc(NCCCN(C)C)c1C#N. The molecule has 0 fully saturated rings. The molecule has 17 heavy (non-hydrogen) atoms. The number of nitrogens with one attached hydrogen (secondary N) is 1. The summed E-state index contributed by atoms with van der Waals surface area (Å²) in [5, 5.41) is 13.0. The Bertz CT molecular complexity index is 399. The minimum Gasteiger partial charge on any atom is -0.369 e. The van der Waals surface area contributed by atoms with Gasteiger partial charge in [0, 0.05) is 6.54 Å². The molecule has 0 saturated heterocycles. The highest BCUT2D eigenvalue weighted by Crippen LogP contribution is 2.21. The van der Waals surface area contributed by atoms with Crippen LogP contribution in [0.25, 0.3) is 0 Å². The van der Waals surface area contributed by atoms with E-state index in [4.69, 9.17) is 5.26 Å². The van der Waals surface area contributed by atoms with Gasteiger partial charge in [-0.25, -0.2) is 9.97 Å². The lowest BCUT2D eigenvalue weighted by atomic mass is 10.3. The summed E-state index contributed by atoms with van der Waals surface area (Å²) in [5.74, 6) is 0.630. The smallest absolute Gasteiger partial charge is 0.148 e. The van der Waals surface area contributed by atoms with Crippen molar-refractivity contribution in [3.05, 3.63) is 11.9 Å². The molecule has 0 amide bonds. The highest BCUT2D eigenvalue weighted by atomic mass is 32.2. The van der Waals surface area contributed by atoms with Crippen molar-refractivity contribution < 1.29 is 0 Å². The van der Waals surface area contributed by atoms with Gasteiger partial charge in [0.25, 0.3) is 0 Å². The first-order chi connectivity index (χ1) is 8.19. The Morgan fingerprint density at radius 2 is 2.24 bits per heavy atom. The fourth-order valence-electron chi connectivity index (χ4n) is 1.36. The van der Waals surface area contributed by atoms with Gasteiger partial charge >= 0.3 is 0 Å². The molecular weight excluding hydrogens is 234 g/mol. The van der Waals surface area contributed by atoms with Crippen LogP contribution in [0.3, 0.4) is 0 Å². The predicted octanol–water partition coefficient (Wildman–Crippen LogP) is 1.43. The van der Waals surface area contributed by atoms with E-state index < -0.39 is 0 Å². The topological polar surface area (TPSA) is 64.8 Å². The molecule has 1 N–H and O–H groups in total. The number of aromatic nitrogens is 2. The highest BCUT2D eigenvalue weighted by Gasteiger charge is 2.09. The van der Waals surface area contributed by atoms with E-state index in [1.165, 1.54) is 18.1 Å². The maximum Gasteiger partial charge on any atom is 0.148 e. The summed E-state index contributed by atoms with van der Waals surface area (Å²) in [4.78, 5) is 10.3. The van der Waals surface area contributed by atoms with Gasteiger partial charge in [-0.1, -0.05) is 0 Å². The van der Waals surface area contributed by atoms with Gasteiger partial charge in [0.2, 0.25) is 0 Å². The molecule has 0 bridgehead atoms. The van der Waals surface area contributed by atoms with E-state index in [9.17, 15) is 0 Å². The average molecular weight is 251 g/mol. The second-order valence-electron chi connectivity index (χ2n) is 3.80. The monoisotopic (exact) mass is 251 g/mol. The van der Waals surface area contributed by atoms with Crippen molar-refractivity contribution >= 4 is 17.6 Å². The maximum absolute atomic E-state index is 9.08. The van der Waals surface area contributed by atoms with Crippen molar-refractivity contribution in [2.45, 2.75) is 11.4 Å². The van der Waals surface area contributed by atoms with Crippen molar-refractivity contribution in [2.24, 2.45) is 0 Å². The largest absolute Gasteiger partial charge is 0.369 e. The van der Waals surface area contributed by atoms with E-state index in [2.05, 4.69) is 26.3 Å². The zero-order valence-corrected chi connectivity index (χ0v) is 11.2. The minimum absolute atomic E-state index is 0.532.